The summed E-state index contributed by atoms with van der Waals surface area (Å²) in [4.78, 5) is 38.7. The first-order valence-electron chi connectivity index (χ1n) is 9.80. The van der Waals surface area contributed by atoms with E-state index in [-0.39, 0.29) is 30.0 Å². The molecule has 30 heavy (non-hydrogen) atoms. The van der Waals surface area contributed by atoms with E-state index in [1.54, 1.807) is 24.1 Å². The van der Waals surface area contributed by atoms with Crippen LogP contribution in [0.25, 0.3) is 0 Å². The number of hydrogen-bond donors (Lipinski definition) is 2. The molecule has 1 unspecified atom stereocenters. The van der Waals surface area contributed by atoms with Crippen molar-refractivity contribution in [2.75, 3.05) is 17.3 Å². The number of anilines is 2. The standard InChI is InChI=1S/C23H22FN3O3/c1-13-9-15-5-8-22(29)27(2)20(15)11-19(13)26-23(30)18-12-25-21(28)10-17(18)14-3-6-16(24)7-4-14/h3-4,6-7,9,11-12,17H,5,8,10H2,1-2H3,(H,25,28)(H,26,30). The van der Waals surface area contributed by atoms with E-state index < -0.39 is 5.92 Å². The van der Waals surface area contributed by atoms with Crippen molar-refractivity contribution in [1.29, 1.82) is 0 Å². The zero-order valence-electron chi connectivity index (χ0n) is 16.8. The van der Waals surface area contributed by atoms with Crippen molar-refractivity contribution < 1.29 is 18.8 Å². The minimum atomic E-state index is -0.471. The van der Waals surface area contributed by atoms with Gasteiger partial charge in [-0.05, 0) is 48.2 Å². The van der Waals surface area contributed by atoms with Crippen LogP contribution in [0, 0.1) is 12.7 Å². The normalized spacial score (nSPS) is 18.4. The molecule has 0 aliphatic carbocycles. The molecule has 0 spiro atoms. The van der Waals surface area contributed by atoms with Crippen molar-refractivity contribution in [2.45, 2.75) is 32.1 Å². The Bertz CT molecular complexity index is 1080. The third-order valence-electron chi connectivity index (χ3n) is 5.71. The third kappa shape index (κ3) is 3.70. The Labute approximate surface area is 173 Å². The van der Waals surface area contributed by atoms with Gasteiger partial charge in [0.2, 0.25) is 11.8 Å². The monoisotopic (exact) mass is 407 g/mol. The lowest BCUT2D eigenvalue weighted by Gasteiger charge is -2.28. The van der Waals surface area contributed by atoms with Gasteiger partial charge in [0.15, 0.2) is 0 Å². The van der Waals surface area contributed by atoms with E-state index in [0.717, 1.165) is 16.8 Å². The summed E-state index contributed by atoms with van der Waals surface area (Å²) in [6.07, 6.45) is 2.67. The minimum absolute atomic E-state index is 0.0395. The average molecular weight is 407 g/mol. The molecule has 0 saturated heterocycles. The van der Waals surface area contributed by atoms with Crippen LogP contribution in [0.3, 0.4) is 0 Å². The highest BCUT2D eigenvalue weighted by Gasteiger charge is 2.29. The molecule has 2 heterocycles. The van der Waals surface area contributed by atoms with Gasteiger partial charge in [0.1, 0.15) is 5.82 Å². The summed E-state index contributed by atoms with van der Waals surface area (Å²) in [5, 5.41) is 5.52. The molecule has 2 aromatic carbocycles. The molecule has 2 aromatic rings. The summed E-state index contributed by atoms with van der Waals surface area (Å²) in [6.45, 7) is 1.90. The summed E-state index contributed by atoms with van der Waals surface area (Å²) >= 11 is 0. The second-order valence-electron chi connectivity index (χ2n) is 7.68. The van der Waals surface area contributed by atoms with E-state index in [4.69, 9.17) is 0 Å². The van der Waals surface area contributed by atoms with Crippen LogP contribution in [-0.2, 0) is 20.8 Å². The molecule has 2 N–H and O–H groups in total. The number of hydrogen-bond acceptors (Lipinski definition) is 3. The van der Waals surface area contributed by atoms with E-state index in [1.807, 2.05) is 19.1 Å². The van der Waals surface area contributed by atoms with Gasteiger partial charge in [0, 0.05) is 49.0 Å². The Hall–Kier alpha value is -3.48. The number of carbonyl (C=O) groups is 3. The summed E-state index contributed by atoms with van der Waals surface area (Å²) in [5.41, 5.74) is 4.44. The van der Waals surface area contributed by atoms with Crippen molar-refractivity contribution in [3.8, 4) is 0 Å². The number of benzene rings is 2. The maximum Gasteiger partial charge on any atom is 0.253 e. The summed E-state index contributed by atoms with van der Waals surface area (Å²) in [7, 11) is 1.73. The molecule has 0 bridgehead atoms. The maximum atomic E-state index is 13.3. The van der Waals surface area contributed by atoms with Gasteiger partial charge < -0.3 is 15.5 Å². The highest BCUT2D eigenvalue weighted by molar-refractivity contribution is 6.07. The number of carbonyl (C=O) groups excluding carboxylic acids is 3. The first-order valence-corrected chi connectivity index (χ1v) is 9.80. The summed E-state index contributed by atoms with van der Waals surface area (Å²) in [5.74, 6) is -1.36. The molecule has 6 nitrogen and oxygen atoms in total. The smallest absolute Gasteiger partial charge is 0.253 e. The van der Waals surface area contributed by atoms with Crippen LogP contribution in [0.15, 0.2) is 48.2 Å². The highest BCUT2D eigenvalue weighted by Crippen LogP contribution is 2.34. The largest absolute Gasteiger partial charge is 0.332 e. The lowest BCUT2D eigenvalue weighted by atomic mass is 9.86. The predicted molar refractivity (Wildman–Crippen MR) is 112 cm³/mol. The van der Waals surface area contributed by atoms with E-state index in [1.165, 1.54) is 18.3 Å². The molecule has 2 aliphatic heterocycles. The van der Waals surface area contributed by atoms with Gasteiger partial charge in [0.05, 0.1) is 0 Å². The van der Waals surface area contributed by atoms with Gasteiger partial charge >= 0.3 is 0 Å². The number of amides is 3. The fourth-order valence-electron chi connectivity index (χ4n) is 3.97. The number of nitrogens with one attached hydrogen (secondary N) is 2. The fraction of sp³-hybridized carbons (Fsp3) is 0.261. The highest BCUT2D eigenvalue weighted by atomic mass is 19.1. The zero-order valence-corrected chi connectivity index (χ0v) is 16.8. The Balaban J connectivity index is 1.63. The quantitative estimate of drug-likeness (QED) is 0.820. The van der Waals surface area contributed by atoms with Gasteiger partial charge in [-0.15, -0.1) is 0 Å². The van der Waals surface area contributed by atoms with E-state index in [2.05, 4.69) is 10.6 Å². The van der Waals surface area contributed by atoms with Crippen LogP contribution in [0.2, 0.25) is 0 Å². The molecule has 2 aliphatic rings. The molecule has 3 amide bonds. The van der Waals surface area contributed by atoms with Crippen molar-refractivity contribution in [3.05, 3.63) is 70.7 Å². The molecule has 1 atom stereocenters. The molecular weight excluding hydrogens is 385 g/mol. The van der Waals surface area contributed by atoms with Gasteiger partial charge in [-0.1, -0.05) is 18.2 Å². The van der Waals surface area contributed by atoms with Crippen LogP contribution >= 0.6 is 0 Å². The van der Waals surface area contributed by atoms with Gasteiger partial charge in [-0.2, -0.15) is 0 Å². The van der Waals surface area contributed by atoms with Crippen LogP contribution in [0.4, 0.5) is 15.8 Å². The molecule has 0 aromatic heterocycles. The van der Waals surface area contributed by atoms with Crippen molar-refractivity contribution in [1.82, 2.24) is 5.32 Å². The second-order valence-corrected chi connectivity index (χ2v) is 7.68. The van der Waals surface area contributed by atoms with Crippen LogP contribution in [-0.4, -0.2) is 24.8 Å². The second kappa shape index (κ2) is 7.74. The average Bonchev–Trinajstić information content (AvgIpc) is 2.72. The van der Waals surface area contributed by atoms with Crippen LogP contribution in [0.1, 0.15) is 35.4 Å². The van der Waals surface area contributed by atoms with E-state index in [9.17, 15) is 18.8 Å². The Kier molecular flexibility index (Phi) is 5.11. The SMILES string of the molecule is Cc1cc2c(cc1NC(=O)C1=CNC(=O)CC1c1ccc(F)cc1)N(C)C(=O)CC2. The Morgan fingerprint density at radius 3 is 2.63 bits per heavy atom. The molecule has 154 valence electrons. The number of halogens is 1. The molecule has 0 radical (unpaired) electrons. The molecule has 0 fully saturated rings. The number of aryl methyl sites for hydroxylation is 2. The Morgan fingerprint density at radius 1 is 1.17 bits per heavy atom. The van der Waals surface area contributed by atoms with Crippen LogP contribution in [0.5, 0.6) is 0 Å². The first kappa shape index (κ1) is 19.8. The number of fused-ring (bicyclic) bond motifs is 1. The van der Waals surface area contributed by atoms with Crippen molar-refractivity contribution in [2.24, 2.45) is 0 Å². The lowest BCUT2D eigenvalue weighted by Crippen LogP contribution is -2.33. The third-order valence-corrected chi connectivity index (χ3v) is 5.71. The molecule has 4 rings (SSSR count). The first-order chi connectivity index (χ1) is 14.3. The van der Waals surface area contributed by atoms with E-state index in [0.29, 0.717) is 29.7 Å². The Morgan fingerprint density at radius 2 is 1.90 bits per heavy atom. The van der Waals surface area contributed by atoms with E-state index >= 15 is 0 Å². The number of rotatable bonds is 3. The minimum Gasteiger partial charge on any atom is -0.332 e. The lowest BCUT2D eigenvalue weighted by molar-refractivity contribution is -0.121. The molecule has 7 heteroatoms. The predicted octanol–water partition coefficient (Wildman–Crippen LogP) is 3.17. The van der Waals surface area contributed by atoms with Crippen molar-refractivity contribution >= 4 is 29.1 Å². The summed E-state index contributed by atoms with van der Waals surface area (Å²) < 4.78 is 13.3. The topological polar surface area (TPSA) is 78.5 Å². The maximum absolute atomic E-state index is 13.3. The number of nitrogens with zero attached hydrogens (tertiary/aromatic N) is 1. The van der Waals surface area contributed by atoms with Gasteiger partial charge in [0.25, 0.3) is 5.91 Å². The van der Waals surface area contributed by atoms with Gasteiger partial charge in [-0.3, -0.25) is 14.4 Å². The molecule has 0 saturated carbocycles. The van der Waals surface area contributed by atoms with Crippen LogP contribution < -0.4 is 15.5 Å². The van der Waals surface area contributed by atoms with Gasteiger partial charge in [-0.25, -0.2) is 4.39 Å². The molecular formula is C23H22FN3O3. The fourth-order valence-corrected chi connectivity index (χ4v) is 3.97. The van der Waals surface area contributed by atoms with Crippen molar-refractivity contribution in [3.63, 3.8) is 0 Å². The summed E-state index contributed by atoms with van der Waals surface area (Å²) in [6, 6.07) is 9.61. The zero-order chi connectivity index (χ0) is 21.4.